The topological polar surface area (TPSA) is 95.4 Å². The quantitative estimate of drug-likeness (QED) is 0.648. The second kappa shape index (κ2) is 5.67. The van der Waals surface area contributed by atoms with E-state index >= 15 is 0 Å². The SMILES string of the molecule is Cc1c(N)cc(Br)cc1C(=O)OCCC(N)=O. The second-order valence-corrected chi connectivity index (χ2v) is 4.44. The fraction of sp³-hybridized carbons (Fsp3) is 0.273. The number of primary amides is 1. The lowest BCUT2D eigenvalue weighted by molar-refractivity contribution is -0.118. The molecular formula is C11H13BrN2O3. The van der Waals surface area contributed by atoms with Crippen LogP contribution in [0, 0.1) is 6.92 Å². The van der Waals surface area contributed by atoms with Gasteiger partial charge in [0.05, 0.1) is 12.0 Å². The molecule has 0 radical (unpaired) electrons. The first-order chi connectivity index (χ1) is 7.91. The Morgan fingerprint density at radius 3 is 2.65 bits per heavy atom. The Morgan fingerprint density at radius 1 is 1.41 bits per heavy atom. The van der Waals surface area contributed by atoms with E-state index in [9.17, 15) is 9.59 Å². The molecule has 17 heavy (non-hydrogen) atoms. The van der Waals surface area contributed by atoms with E-state index in [4.69, 9.17) is 16.2 Å². The van der Waals surface area contributed by atoms with Crippen LogP contribution in [-0.2, 0) is 9.53 Å². The molecule has 4 N–H and O–H groups in total. The maximum absolute atomic E-state index is 11.7. The minimum atomic E-state index is -0.517. The smallest absolute Gasteiger partial charge is 0.338 e. The molecule has 0 atom stereocenters. The van der Waals surface area contributed by atoms with Gasteiger partial charge in [0.15, 0.2) is 0 Å². The van der Waals surface area contributed by atoms with Crippen molar-refractivity contribution in [1.29, 1.82) is 0 Å². The van der Waals surface area contributed by atoms with Gasteiger partial charge in [-0.1, -0.05) is 15.9 Å². The van der Waals surface area contributed by atoms with Gasteiger partial charge in [-0.3, -0.25) is 4.79 Å². The molecule has 0 unspecified atom stereocenters. The first-order valence-electron chi connectivity index (χ1n) is 4.93. The van der Waals surface area contributed by atoms with Gasteiger partial charge in [-0.05, 0) is 24.6 Å². The van der Waals surface area contributed by atoms with Gasteiger partial charge in [0.25, 0.3) is 0 Å². The summed E-state index contributed by atoms with van der Waals surface area (Å²) in [5, 5.41) is 0. The largest absolute Gasteiger partial charge is 0.462 e. The zero-order chi connectivity index (χ0) is 13.0. The molecule has 0 spiro atoms. The number of ether oxygens (including phenoxy) is 1. The van der Waals surface area contributed by atoms with E-state index in [0.29, 0.717) is 21.3 Å². The summed E-state index contributed by atoms with van der Waals surface area (Å²) < 4.78 is 5.61. The average Bonchev–Trinajstić information content (AvgIpc) is 2.22. The molecule has 0 aliphatic carbocycles. The van der Waals surface area contributed by atoms with Gasteiger partial charge >= 0.3 is 5.97 Å². The van der Waals surface area contributed by atoms with Crippen molar-refractivity contribution in [2.24, 2.45) is 5.73 Å². The highest BCUT2D eigenvalue weighted by Crippen LogP contribution is 2.23. The van der Waals surface area contributed by atoms with E-state index in [1.165, 1.54) is 0 Å². The Morgan fingerprint density at radius 2 is 2.06 bits per heavy atom. The Labute approximate surface area is 107 Å². The number of amides is 1. The minimum absolute atomic E-state index is 0.00821. The van der Waals surface area contributed by atoms with Gasteiger partial charge in [-0.15, -0.1) is 0 Å². The molecule has 5 nitrogen and oxygen atoms in total. The Balaban J connectivity index is 2.78. The fourth-order valence-corrected chi connectivity index (χ4v) is 1.71. The zero-order valence-electron chi connectivity index (χ0n) is 9.33. The second-order valence-electron chi connectivity index (χ2n) is 3.52. The van der Waals surface area contributed by atoms with Crippen LogP contribution in [0.4, 0.5) is 5.69 Å². The number of carbonyl (C=O) groups is 2. The van der Waals surface area contributed by atoms with Gasteiger partial charge in [0, 0.05) is 10.2 Å². The Kier molecular flexibility index (Phi) is 4.51. The molecule has 0 aliphatic rings. The number of hydrogen-bond acceptors (Lipinski definition) is 4. The fourth-order valence-electron chi connectivity index (χ4n) is 1.23. The number of anilines is 1. The highest BCUT2D eigenvalue weighted by Gasteiger charge is 2.13. The third kappa shape index (κ3) is 3.74. The lowest BCUT2D eigenvalue weighted by atomic mass is 10.1. The normalized spacial score (nSPS) is 10.0. The predicted octanol–water partition coefficient (Wildman–Crippen LogP) is 1.37. The maximum Gasteiger partial charge on any atom is 0.338 e. The van der Waals surface area contributed by atoms with Crippen LogP contribution in [0.1, 0.15) is 22.3 Å². The van der Waals surface area contributed by atoms with Crippen molar-refractivity contribution in [3.8, 4) is 0 Å². The van der Waals surface area contributed by atoms with Crippen LogP contribution < -0.4 is 11.5 Å². The van der Waals surface area contributed by atoms with E-state index in [2.05, 4.69) is 15.9 Å². The molecule has 1 amide bonds. The van der Waals surface area contributed by atoms with Crippen LogP contribution in [0.2, 0.25) is 0 Å². The molecule has 0 saturated heterocycles. The van der Waals surface area contributed by atoms with Crippen molar-refractivity contribution in [3.05, 3.63) is 27.7 Å². The highest BCUT2D eigenvalue weighted by atomic mass is 79.9. The van der Waals surface area contributed by atoms with Crippen molar-refractivity contribution in [2.75, 3.05) is 12.3 Å². The van der Waals surface area contributed by atoms with Crippen LogP contribution in [0.25, 0.3) is 0 Å². The minimum Gasteiger partial charge on any atom is -0.462 e. The summed E-state index contributed by atoms with van der Waals surface area (Å²) in [6.45, 7) is 1.70. The molecule has 1 aromatic rings. The lowest BCUT2D eigenvalue weighted by Gasteiger charge is -2.09. The summed E-state index contributed by atoms with van der Waals surface area (Å²) in [7, 11) is 0. The van der Waals surface area contributed by atoms with Gasteiger partial charge in [-0.2, -0.15) is 0 Å². The van der Waals surface area contributed by atoms with Gasteiger partial charge < -0.3 is 16.2 Å². The molecule has 6 heteroatoms. The zero-order valence-corrected chi connectivity index (χ0v) is 10.9. The van der Waals surface area contributed by atoms with Crippen LogP contribution in [0.3, 0.4) is 0 Å². The number of nitrogen functional groups attached to an aromatic ring is 1. The first kappa shape index (κ1) is 13.5. The molecule has 0 aliphatic heterocycles. The summed E-state index contributed by atoms with van der Waals surface area (Å²) >= 11 is 3.24. The molecule has 1 aromatic carbocycles. The number of esters is 1. The molecule has 0 aromatic heterocycles. The van der Waals surface area contributed by atoms with Crippen molar-refractivity contribution < 1.29 is 14.3 Å². The highest BCUT2D eigenvalue weighted by molar-refractivity contribution is 9.10. The number of benzene rings is 1. The Bertz CT molecular complexity index is 460. The van der Waals surface area contributed by atoms with Gasteiger partial charge in [0.2, 0.25) is 5.91 Å². The van der Waals surface area contributed by atoms with E-state index < -0.39 is 11.9 Å². The van der Waals surface area contributed by atoms with Crippen LogP contribution in [0.15, 0.2) is 16.6 Å². The van der Waals surface area contributed by atoms with Crippen molar-refractivity contribution >= 4 is 33.5 Å². The van der Waals surface area contributed by atoms with Gasteiger partial charge in [0.1, 0.15) is 6.61 Å². The number of nitrogens with two attached hydrogens (primary N) is 2. The van der Waals surface area contributed by atoms with Crippen molar-refractivity contribution in [1.82, 2.24) is 0 Å². The van der Waals surface area contributed by atoms with Crippen LogP contribution in [-0.4, -0.2) is 18.5 Å². The monoisotopic (exact) mass is 300 g/mol. The molecule has 0 heterocycles. The third-order valence-electron chi connectivity index (χ3n) is 2.21. The van der Waals surface area contributed by atoms with Crippen molar-refractivity contribution in [2.45, 2.75) is 13.3 Å². The molecule has 0 bridgehead atoms. The number of halogens is 1. The first-order valence-corrected chi connectivity index (χ1v) is 5.72. The van der Waals surface area contributed by atoms with Crippen LogP contribution >= 0.6 is 15.9 Å². The van der Waals surface area contributed by atoms with Crippen LogP contribution in [0.5, 0.6) is 0 Å². The standard InChI is InChI=1S/C11H13BrN2O3/c1-6-8(4-7(12)5-9(6)13)11(16)17-3-2-10(14)15/h4-5H,2-3,13H2,1H3,(H2,14,15). The molecule has 92 valence electrons. The molecule has 0 saturated carbocycles. The lowest BCUT2D eigenvalue weighted by Crippen LogP contribution is -2.16. The molecule has 1 rings (SSSR count). The number of hydrogen-bond donors (Lipinski definition) is 2. The summed E-state index contributed by atoms with van der Waals surface area (Å²) in [6.07, 6.45) is 0.00821. The maximum atomic E-state index is 11.7. The summed E-state index contributed by atoms with van der Waals surface area (Å²) in [5.74, 6) is -1.03. The van der Waals surface area contributed by atoms with Gasteiger partial charge in [-0.25, -0.2) is 4.79 Å². The molecule has 0 fully saturated rings. The van der Waals surface area contributed by atoms with E-state index in [0.717, 1.165) is 0 Å². The van der Waals surface area contributed by atoms with E-state index in [-0.39, 0.29) is 13.0 Å². The van der Waals surface area contributed by atoms with Crippen molar-refractivity contribution in [3.63, 3.8) is 0 Å². The molecular weight excluding hydrogens is 288 g/mol. The van der Waals surface area contributed by atoms with E-state index in [1.807, 2.05) is 0 Å². The predicted molar refractivity (Wildman–Crippen MR) is 67.4 cm³/mol. The number of carbonyl (C=O) groups excluding carboxylic acids is 2. The third-order valence-corrected chi connectivity index (χ3v) is 2.67. The average molecular weight is 301 g/mol. The Hall–Kier alpha value is -1.56. The number of rotatable bonds is 4. The van der Waals surface area contributed by atoms with E-state index in [1.54, 1.807) is 19.1 Å². The summed E-state index contributed by atoms with van der Waals surface area (Å²) in [6, 6.07) is 3.33. The summed E-state index contributed by atoms with van der Waals surface area (Å²) in [4.78, 5) is 22.2. The summed E-state index contributed by atoms with van der Waals surface area (Å²) in [5.41, 5.74) is 12.2.